The van der Waals surface area contributed by atoms with Crippen molar-refractivity contribution in [3.05, 3.63) is 30.4 Å². The molecule has 1 fully saturated rings. The average Bonchev–Trinajstić information content (AvgIpc) is 3.12. The maximum absolute atomic E-state index is 12.6. The average molecular weight is 407 g/mol. The van der Waals surface area contributed by atoms with E-state index in [1.54, 1.807) is 23.4 Å². The molecule has 0 unspecified atom stereocenters. The normalized spacial score (nSPS) is 21.0. The minimum absolute atomic E-state index is 0.0134. The highest BCUT2D eigenvalue weighted by molar-refractivity contribution is 7.88. The molecule has 0 spiro atoms. The first-order valence-corrected chi connectivity index (χ1v) is 11.1. The molecule has 0 bridgehead atoms. The van der Waals surface area contributed by atoms with Gasteiger partial charge in [-0.3, -0.25) is 9.78 Å². The van der Waals surface area contributed by atoms with E-state index >= 15 is 0 Å². The van der Waals surface area contributed by atoms with Crippen molar-refractivity contribution >= 4 is 15.9 Å². The van der Waals surface area contributed by atoms with Crippen molar-refractivity contribution in [2.45, 2.75) is 45.2 Å². The van der Waals surface area contributed by atoms with Crippen LogP contribution in [0.15, 0.2) is 29.0 Å². The van der Waals surface area contributed by atoms with Crippen LogP contribution in [0.2, 0.25) is 0 Å². The van der Waals surface area contributed by atoms with Crippen LogP contribution in [-0.4, -0.2) is 70.1 Å². The molecule has 1 aliphatic heterocycles. The fraction of sp³-hybridized carbons (Fsp3) is 0.556. The standard InChI is InChI=1S/C18H25N5O4S/c1-13-14(2)23(28(3,25)26)11-10-22(13)17(24)8-4-7-16-20-18(21-27-16)15-6-5-9-19-12-15/h5-6,9,12-14H,4,7-8,10-11H2,1-3H3/t13-,14-/m1/s1. The van der Waals surface area contributed by atoms with Gasteiger partial charge in [-0.1, -0.05) is 5.16 Å². The van der Waals surface area contributed by atoms with Crippen LogP contribution in [0.1, 0.15) is 32.6 Å². The summed E-state index contributed by atoms with van der Waals surface area (Å²) in [5.74, 6) is 0.975. The van der Waals surface area contributed by atoms with E-state index in [-0.39, 0.29) is 18.0 Å². The van der Waals surface area contributed by atoms with Crippen molar-refractivity contribution in [1.82, 2.24) is 24.3 Å². The van der Waals surface area contributed by atoms with Gasteiger partial charge in [-0.05, 0) is 32.4 Å². The van der Waals surface area contributed by atoms with Crippen molar-refractivity contribution in [2.24, 2.45) is 0 Å². The van der Waals surface area contributed by atoms with Gasteiger partial charge in [0.15, 0.2) is 0 Å². The lowest BCUT2D eigenvalue weighted by Gasteiger charge is -2.43. The van der Waals surface area contributed by atoms with Crippen LogP contribution >= 0.6 is 0 Å². The minimum Gasteiger partial charge on any atom is -0.339 e. The van der Waals surface area contributed by atoms with E-state index in [1.807, 2.05) is 19.9 Å². The second-order valence-electron chi connectivity index (χ2n) is 7.05. The van der Waals surface area contributed by atoms with Gasteiger partial charge in [-0.25, -0.2) is 8.42 Å². The first kappa shape index (κ1) is 20.4. The van der Waals surface area contributed by atoms with Crippen LogP contribution in [0.25, 0.3) is 11.4 Å². The van der Waals surface area contributed by atoms with Gasteiger partial charge in [0.05, 0.1) is 6.26 Å². The lowest BCUT2D eigenvalue weighted by atomic mass is 10.1. The molecule has 0 aromatic carbocycles. The minimum atomic E-state index is -3.27. The smallest absolute Gasteiger partial charge is 0.226 e. The summed E-state index contributed by atoms with van der Waals surface area (Å²) in [7, 11) is -3.27. The van der Waals surface area contributed by atoms with E-state index in [0.717, 1.165) is 5.56 Å². The number of hydrogen-bond acceptors (Lipinski definition) is 7. The topological polar surface area (TPSA) is 110 Å². The third kappa shape index (κ3) is 4.56. The second kappa shape index (κ2) is 8.36. The van der Waals surface area contributed by atoms with Crippen LogP contribution in [0, 0.1) is 0 Å². The Morgan fingerprint density at radius 3 is 2.75 bits per heavy atom. The number of carbonyl (C=O) groups excluding carboxylic acids is 1. The highest BCUT2D eigenvalue weighted by Crippen LogP contribution is 2.21. The van der Waals surface area contributed by atoms with Gasteiger partial charge in [0.2, 0.25) is 27.6 Å². The number of nitrogens with zero attached hydrogens (tertiary/aromatic N) is 5. The molecule has 0 N–H and O–H groups in total. The summed E-state index contributed by atoms with van der Waals surface area (Å²) >= 11 is 0. The summed E-state index contributed by atoms with van der Waals surface area (Å²) < 4.78 is 30.4. The molecule has 3 rings (SSSR count). The fourth-order valence-corrected chi connectivity index (χ4v) is 4.63. The number of hydrogen-bond donors (Lipinski definition) is 0. The maximum Gasteiger partial charge on any atom is 0.226 e. The van der Waals surface area contributed by atoms with Gasteiger partial charge in [-0.2, -0.15) is 9.29 Å². The maximum atomic E-state index is 12.6. The zero-order valence-electron chi connectivity index (χ0n) is 16.3. The number of carbonyl (C=O) groups is 1. The molecule has 0 saturated carbocycles. The molecule has 3 heterocycles. The van der Waals surface area contributed by atoms with Gasteiger partial charge in [0.1, 0.15) is 0 Å². The van der Waals surface area contributed by atoms with Crippen LogP contribution in [0.3, 0.4) is 0 Å². The monoisotopic (exact) mass is 407 g/mol. The van der Waals surface area contributed by atoms with Crippen molar-refractivity contribution in [3.8, 4) is 11.4 Å². The quantitative estimate of drug-likeness (QED) is 0.710. The zero-order valence-corrected chi connectivity index (χ0v) is 17.1. The highest BCUT2D eigenvalue weighted by atomic mass is 32.2. The van der Waals surface area contributed by atoms with E-state index < -0.39 is 10.0 Å². The summed E-state index contributed by atoms with van der Waals surface area (Å²) in [6.07, 6.45) is 5.98. The van der Waals surface area contributed by atoms with E-state index in [9.17, 15) is 13.2 Å². The number of aromatic nitrogens is 3. The van der Waals surface area contributed by atoms with Crippen molar-refractivity contribution in [1.29, 1.82) is 0 Å². The Bertz CT molecular complexity index is 915. The van der Waals surface area contributed by atoms with Crippen LogP contribution in [-0.2, 0) is 21.2 Å². The Labute approximate surface area is 164 Å². The summed E-state index contributed by atoms with van der Waals surface area (Å²) in [4.78, 5) is 22.7. The first-order chi connectivity index (χ1) is 13.3. The Kier molecular flexibility index (Phi) is 6.09. The Morgan fingerprint density at radius 2 is 2.07 bits per heavy atom. The number of pyridine rings is 1. The number of amides is 1. The van der Waals surface area contributed by atoms with E-state index in [4.69, 9.17) is 4.52 Å². The fourth-order valence-electron chi connectivity index (χ4n) is 3.44. The first-order valence-electron chi connectivity index (χ1n) is 9.26. The summed E-state index contributed by atoms with van der Waals surface area (Å²) in [5.41, 5.74) is 0.778. The van der Waals surface area contributed by atoms with Gasteiger partial charge in [0, 0.05) is 56.0 Å². The number of rotatable bonds is 6. The summed E-state index contributed by atoms with van der Waals surface area (Å²) in [6, 6.07) is 3.24. The molecule has 2 aromatic rings. The largest absolute Gasteiger partial charge is 0.339 e. The molecule has 9 nitrogen and oxygen atoms in total. The molecule has 0 radical (unpaired) electrons. The Balaban J connectivity index is 1.52. The van der Waals surface area contributed by atoms with Crippen molar-refractivity contribution in [3.63, 3.8) is 0 Å². The number of sulfonamides is 1. The van der Waals surface area contributed by atoms with E-state index in [0.29, 0.717) is 44.1 Å². The predicted molar refractivity (Wildman–Crippen MR) is 103 cm³/mol. The van der Waals surface area contributed by atoms with Crippen LogP contribution in [0.4, 0.5) is 0 Å². The van der Waals surface area contributed by atoms with Crippen LogP contribution < -0.4 is 0 Å². The molecule has 152 valence electrons. The molecular formula is C18H25N5O4S. The zero-order chi connectivity index (χ0) is 20.3. The molecule has 10 heteroatoms. The molecule has 1 saturated heterocycles. The number of aryl methyl sites for hydroxylation is 1. The SMILES string of the molecule is C[C@@H]1[C@@H](C)N(S(C)(=O)=O)CCN1C(=O)CCCc1nc(-c2cccnc2)no1. The van der Waals surface area contributed by atoms with Gasteiger partial charge >= 0.3 is 0 Å². The highest BCUT2D eigenvalue weighted by Gasteiger charge is 2.37. The second-order valence-corrected chi connectivity index (χ2v) is 8.98. The van der Waals surface area contributed by atoms with Crippen molar-refractivity contribution < 1.29 is 17.7 Å². The third-order valence-electron chi connectivity index (χ3n) is 5.12. The Morgan fingerprint density at radius 1 is 1.29 bits per heavy atom. The molecule has 2 aromatic heterocycles. The van der Waals surface area contributed by atoms with E-state index in [2.05, 4.69) is 15.1 Å². The summed E-state index contributed by atoms with van der Waals surface area (Å²) in [6.45, 7) is 4.46. The lowest BCUT2D eigenvalue weighted by Crippen LogP contribution is -2.60. The molecule has 0 aliphatic carbocycles. The van der Waals surface area contributed by atoms with Crippen molar-refractivity contribution in [2.75, 3.05) is 19.3 Å². The number of piperazine rings is 1. The Hall–Kier alpha value is -2.33. The molecule has 28 heavy (non-hydrogen) atoms. The lowest BCUT2D eigenvalue weighted by molar-refractivity contribution is -0.136. The van der Waals surface area contributed by atoms with Gasteiger partial charge in [-0.15, -0.1) is 0 Å². The van der Waals surface area contributed by atoms with Crippen LogP contribution in [0.5, 0.6) is 0 Å². The predicted octanol–water partition coefficient (Wildman–Crippen LogP) is 1.34. The van der Waals surface area contributed by atoms with Gasteiger partial charge < -0.3 is 9.42 Å². The molecule has 1 aliphatic rings. The third-order valence-corrected chi connectivity index (χ3v) is 6.49. The van der Waals surface area contributed by atoms with Gasteiger partial charge in [0.25, 0.3) is 0 Å². The summed E-state index contributed by atoms with van der Waals surface area (Å²) in [5, 5.41) is 3.94. The van der Waals surface area contributed by atoms with E-state index in [1.165, 1.54) is 10.6 Å². The molecular weight excluding hydrogens is 382 g/mol. The molecule has 2 atom stereocenters. The molecule has 1 amide bonds.